The molecule has 1 aliphatic rings. The minimum absolute atomic E-state index is 0.368. The molecule has 1 saturated heterocycles. The van der Waals surface area contributed by atoms with Crippen LogP contribution in [-0.4, -0.2) is 30.1 Å². The maximum atomic E-state index is 5.76. The van der Waals surface area contributed by atoms with Crippen LogP contribution in [0.1, 0.15) is 33.1 Å². The van der Waals surface area contributed by atoms with Crippen molar-refractivity contribution in [3.05, 3.63) is 0 Å². The van der Waals surface area contributed by atoms with E-state index in [9.17, 15) is 0 Å². The maximum absolute atomic E-state index is 5.76. The van der Waals surface area contributed by atoms with Gasteiger partial charge in [0.1, 0.15) is 0 Å². The van der Waals surface area contributed by atoms with Crippen LogP contribution in [0.4, 0.5) is 0 Å². The molecule has 0 unspecified atom stereocenters. The second-order valence-electron chi connectivity index (χ2n) is 3.64. The predicted molar refractivity (Wildman–Crippen MR) is 48.5 cm³/mol. The van der Waals surface area contributed by atoms with Crippen LogP contribution < -0.4 is 5.73 Å². The summed E-state index contributed by atoms with van der Waals surface area (Å²) in [4.78, 5) is 2.54. The Morgan fingerprint density at radius 3 is 2.91 bits per heavy atom. The van der Waals surface area contributed by atoms with Crippen molar-refractivity contribution < 1.29 is 0 Å². The van der Waals surface area contributed by atoms with E-state index in [2.05, 4.69) is 18.7 Å². The highest BCUT2D eigenvalue weighted by Gasteiger charge is 2.23. The predicted octanol–water partition coefficient (Wildman–Crippen LogP) is 1.21. The smallest absolute Gasteiger partial charge is 0.0110 e. The molecule has 66 valence electrons. The summed E-state index contributed by atoms with van der Waals surface area (Å²) in [5.41, 5.74) is 5.76. The first-order chi connectivity index (χ1) is 5.24. The average molecular weight is 156 g/mol. The van der Waals surface area contributed by atoms with Gasteiger partial charge in [-0.1, -0.05) is 6.92 Å². The summed E-state index contributed by atoms with van der Waals surface area (Å²) < 4.78 is 0. The van der Waals surface area contributed by atoms with Gasteiger partial charge >= 0.3 is 0 Å². The lowest BCUT2D eigenvalue weighted by Gasteiger charge is -2.23. The Kier molecular flexibility index (Phi) is 3.34. The van der Waals surface area contributed by atoms with Gasteiger partial charge in [0.05, 0.1) is 0 Å². The fourth-order valence-corrected chi connectivity index (χ4v) is 2.01. The summed E-state index contributed by atoms with van der Waals surface area (Å²) in [5.74, 6) is 0. The van der Waals surface area contributed by atoms with Crippen molar-refractivity contribution in [1.29, 1.82) is 0 Å². The maximum Gasteiger partial charge on any atom is 0.0110 e. The normalized spacial score (nSPS) is 29.2. The van der Waals surface area contributed by atoms with Gasteiger partial charge in [-0.2, -0.15) is 0 Å². The van der Waals surface area contributed by atoms with E-state index < -0.39 is 0 Å². The molecule has 0 aromatic heterocycles. The highest BCUT2D eigenvalue weighted by molar-refractivity contribution is 4.80. The van der Waals surface area contributed by atoms with E-state index in [4.69, 9.17) is 5.73 Å². The van der Waals surface area contributed by atoms with Crippen molar-refractivity contribution in [3.63, 3.8) is 0 Å². The lowest BCUT2D eigenvalue weighted by Crippen LogP contribution is -2.33. The van der Waals surface area contributed by atoms with Crippen LogP contribution in [-0.2, 0) is 0 Å². The molecule has 2 nitrogen and oxygen atoms in total. The molecular formula is C9H20N2. The zero-order valence-corrected chi connectivity index (χ0v) is 7.71. The molecule has 0 bridgehead atoms. The second kappa shape index (κ2) is 4.07. The molecule has 0 aromatic rings. The van der Waals surface area contributed by atoms with Crippen LogP contribution in [0.5, 0.6) is 0 Å². The van der Waals surface area contributed by atoms with Crippen LogP contribution >= 0.6 is 0 Å². The molecule has 1 heterocycles. The van der Waals surface area contributed by atoms with Gasteiger partial charge in [0.2, 0.25) is 0 Å². The van der Waals surface area contributed by atoms with Crippen LogP contribution in [0.25, 0.3) is 0 Å². The minimum Gasteiger partial charge on any atom is -0.328 e. The van der Waals surface area contributed by atoms with Crippen molar-refractivity contribution in [3.8, 4) is 0 Å². The number of hydrogen-bond acceptors (Lipinski definition) is 2. The molecule has 1 fully saturated rings. The van der Waals surface area contributed by atoms with Gasteiger partial charge in [-0.3, -0.25) is 0 Å². The van der Waals surface area contributed by atoms with Crippen LogP contribution in [0.15, 0.2) is 0 Å². The molecule has 0 aliphatic carbocycles. The Labute approximate surface area is 69.8 Å². The fraction of sp³-hybridized carbons (Fsp3) is 1.00. The summed E-state index contributed by atoms with van der Waals surface area (Å²) in [5, 5.41) is 0. The first-order valence-electron chi connectivity index (χ1n) is 4.73. The van der Waals surface area contributed by atoms with Gasteiger partial charge in [0, 0.05) is 12.1 Å². The number of nitrogens with two attached hydrogens (primary N) is 1. The molecule has 0 amide bonds. The minimum atomic E-state index is 0.368. The van der Waals surface area contributed by atoms with E-state index in [1.54, 1.807) is 0 Å². The summed E-state index contributed by atoms with van der Waals surface area (Å²) in [7, 11) is 0. The second-order valence-corrected chi connectivity index (χ2v) is 3.64. The number of hydrogen-bond donors (Lipinski definition) is 1. The summed E-state index contributed by atoms with van der Waals surface area (Å²) in [6, 6.07) is 1.15. The SMILES string of the molecule is CCN1CCC[C@@H]1C[C@H](C)N. The van der Waals surface area contributed by atoms with Crippen LogP contribution in [0.3, 0.4) is 0 Å². The molecule has 1 rings (SSSR count). The van der Waals surface area contributed by atoms with Crippen LogP contribution in [0.2, 0.25) is 0 Å². The van der Waals surface area contributed by atoms with Crippen molar-refractivity contribution in [2.75, 3.05) is 13.1 Å². The number of likely N-dealkylation sites (tertiary alicyclic amines) is 1. The zero-order chi connectivity index (χ0) is 8.27. The third kappa shape index (κ3) is 2.46. The Bertz CT molecular complexity index is 112. The van der Waals surface area contributed by atoms with E-state index >= 15 is 0 Å². The molecule has 2 heteroatoms. The standard InChI is InChI=1S/C9H20N2/c1-3-11-6-4-5-9(11)7-8(2)10/h8-9H,3-7,10H2,1-2H3/t8-,9+/m0/s1. The van der Waals surface area contributed by atoms with Crippen molar-refractivity contribution in [2.24, 2.45) is 5.73 Å². The van der Waals surface area contributed by atoms with Crippen molar-refractivity contribution in [2.45, 2.75) is 45.2 Å². The summed E-state index contributed by atoms with van der Waals surface area (Å²) >= 11 is 0. The van der Waals surface area contributed by atoms with Gasteiger partial charge in [0.25, 0.3) is 0 Å². The Hall–Kier alpha value is -0.0800. The quantitative estimate of drug-likeness (QED) is 0.665. The third-order valence-electron chi connectivity index (χ3n) is 2.55. The molecular weight excluding hydrogens is 136 g/mol. The molecule has 1 aliphatic heterocycles. The molecule has 0 aromatic carbocycles. The zero-order valence-electron chi connectivity index (χ0n) is 7.71. The van der Waals surface area contributed by atoms with E-state index in [1.165, 1.54) is 32.4 Å². The molecule has 2 atom stereocenters. The molecule has 0 saturated carbocycles. The van der Waals surface area contributed by atoms with Crippen molar-refractivity contribution >= 4 is 0 Å². The largest absolute Gasteiger partial charge is 0.328 e. The Balaban J connectivity index is 2.31. The summed E-state index contributed by atoms with van der Waals surface area (Å²) in [6.07, 6.45) is 3.90. The van der Waals surface area contributed by atoms with E-state index in [0.717, 1.165) is 6.04 Å². The first kappa shape index (κ1) is 9.01. The van der Waals surface area contributed by atoms with Crippen molar-refractivity contribution in [1.82, 2.24) is 4.90 Å². The highest BCUT2D eigenvalue weighted by Crippen LogP contribution is 2.19. The van der Waals surface area contributed by atoms with E-state index in [1.807, 2.05) is 0 Å². The Morgan fingerprint density at radius 1 is 1.64 bits per heavy atom. The first-order valence-corrected chi connectivity index (χ1v) is 4.73. The summed E-state index contributed by atoms with van der Waals surface area (Å²) in [6.45, 7) is 6.82. The van der Waals surface area contributed by atoms with Gasteiger partial charge in [-0.25, -0.2) is 0 Å². The Morgan fingerprint density at radius 2 is 2.36 bits per heavy atom. The highest BCUT2D eigenvalue weighted by atomic mass is 15.2. The van der Waals surface area contributed by atoms with E-state index in [0.29, 0.717) is 6.04 Å². The van der Waals surface area contributed by atoms with Gasteiger partial charge in [-0.05, 0) is 39.3 Å². The molecule has 2 N–H and O–H groups in total. The van der Waals surface area contributed by atoms with Gasteiger partial charge in [-0.15, -0.1) is 0 Å². The fourth-order valence-electron chi connectivity index (χ4n) is 2.01. The molecule has 11 heavy (non-hydrogen) atoms. The molecule has 0 radical (unpaired) electrons. The van der Waals surface area contributed by atoms with Gasteiger partial charge < -0.3 is 10.6 Å². The molecule has 0 spiro atoms. The van der Waals surface area contributed by atoms with Gasteiger partial charge in [0.15, 0.2) is 0 Å². The average Bonchev–Trinajstić information content (AvgIpc) is 2.34. The topological polar surface area (TPSA) is 29.3 Å². The van der Waals surface area contributed by atoms with Crippen LogP contribution in [0, 0.1) is 0 Å². The monoisotopic (exact) mass is 156 g/mol. The number of nitrogens with zero attached hydrogens (tertiary/aromatic N) is 1. The third-order valence-corrected chi connectivity index (χ3v) is 2.55. The lowest BCUT2D eigenvalue weighted by molar-refractivity contribution is 0.247. The van der Waals surface area contributed by atoms with E-state index in [-0.39, 0.29) is 0 Å². The number of rotatable bonds is 3. The lowest BCUT2D eigenvalue weighted by atomic mass is 10.1.